The molecular formula is C34H35BrN4O6S. The van der Waals surface area contributed by atoms with Crippen molar-refractivity contribution in [2.45, 2.75) is 50.2 Å². The van der Waals surface area contributed by atoms with Crippen molar-refractivity contribution >= 4 is 49.1 Å². The Balaban J connectivity index is 1.82. The topological polar surface area (TPSA) is 130 Å². The van der Waals surface area contributed by atoms with E-state index < -0.39 is 44.9 Å². The molecule has 4 rings (SSSR count). The summed E-state index contributed by atoms with van der Waals surface area (Å²) in [6.45, 7) is 4.87. The van der Waals surface area contributed by atoms with E-state index in [1.807, 2.05) is 75.4 Å². The van der Waals surface area contributed by atoms with Gasteiger partial charge in [-0.05, 0) is 68.3 Å². The fourth-order valence-electron chi connectivity index (χ4n) is 4.78. The van der Waals surface area contributed by atoms with Crippen LogP contribution in [0.3, 0.4) is 0 Å². The first kappa shape index (κ1) is 34.3. The van der Waals surface area contributed by atoms with Crippen molar-refractivity contribution in [1.29, 1.82) is 0 Å². The van der Waals surface area contributed by atoms with Gasteiger partial charge in [0.1, 0.15) is 12.6 Å². The van der Waals surface area contributed by atoms with Gasteiger partial charge in [-0.15, -0.1) is 0 Å². The molecule has 4 aromatic carbocycles. The number of halogens is 1. The number of hydrogen-bond donors (Lipinski definition) is 1. The molecule has 12 heteroatoms. The van der Waals surface area contributed by atoms with Gasteiger partial charge in [-0.25, -0.2) is 8.42 Å². The molecule has 1 atom stereocenters. The third kappa shape index (κ3) is 9.01. The minimum Gasteiger partial charge on any atom is -0.350 e. The second-order valence-corrected chi connectivity index (χ2v) is 14.5. The van der Waals surface area contributed by atoms with Crippen LogP contribution in [0.1, 0.15) is 31.9 Å². The lowest BCUT2D eigenvalue weighted by molar-refractivity contribution is -0.384. The molecule has 0 saturated carbocycles. The Labute approximate surface area is 277 Å². The first-order valence-electron chi connectivity index (χ1n) is 14.5. The summed E-state index contributed by atoms with van der Waals surface area (Å²) in [6.07, 6.45) is 0.175. The normalized spacial score (nSPS) is 12.2. The third-order valence-electron chi connectivity index (χ3n) is 6.99. The maximum Gasteiger partial charge on any atom is 0.269 e. The molecule has 0 aliphatic heterocycles. The third-order valence-corrected chi connectivity index (χ3v) is 9.31. The molecular weight excluding hydrogens is 672 g/mol. The van der Waals surface area contributed by atoms with Gasteiger partial charge >= 0.3 is 0 Å². The summed E-state index contributed by atoms with van der Waals surface area (Å²) >= 11 is 3.43. The molecule has 2 amide bonds. The quantitative estimate of drug-likeness (QED) is 0.140. The van der Waals surface area contributed by atoms with Crippen LogP contribution in [0, 0.1) is 10.1 Å². The molecule has 4 aromatic rings. The summed E-state index contributed by atoms with van der Waals surface area (Å²) in [5.74, 6) is -1.03. The number of nitro benzene ring substituents is 1. The van der Waals surface area contributed by atoms with Gasteiger partial charge in [0.25, 0.3) is 15.7 Å². The SMILES string of the molecule is CC(C)(C)NC(=O)C(Cc1ccccc1)N(Cc1ccc(Br)cc1)C(=O)CN(c1ccc([N+](=O)[O-])cc1)S(=O)(=O)c1ccccc1. The molecule has 46 heavy (non-hydrogen) atoms. The number of nitrogens with zero attached hydrogens (tertiary/aromatic N) is 3. The molecule has 1 N–H and O–H groups in total. The van der Waals surface area contributed by atoms with Crippen LogP contribution in [0.15, 0.2) is 119 Å². The van der Waals surface area contributed by atoms with E-state index in [9.17, 15) is 28.1 Å². The second-order valence-electron chi connectivity index (χ2n) is 11.7. The molecule has 0 bridgehead atoms. The van der Waals surface area contributed by atoms with Gasteiger partial charge in [0, 0.05) is 35.1 Å². The zero-order valence-corrected chi connectivity index (χ0v) is 28.1. The van der Waals surface area contributed by atoms with E-state index in [4.69, 9.17) is 0 Å². The van der Waals surface area contributed by atoms with Gasteiger partial charge in [-0.1, -0.05) is 76.6 Å². The number of amides is 2. The van der Waals surface area contributed by atoms with Crippen LogP contribution in [0.4, 0.5) is 11.4 Å². The van der Waals surface area contributed by atoms with Gasteiger partial charge in [0.2, 0.25) is 11.8 Å². The van der Waals surface area contributed by atoms with Crippen molar-refractivity contribution in [2.24, 2.45) is 0 Å². The second kappa shape index (κ2) is 14.7. The molecule has 1 unspecified atom stereocenters. The molecule has 0 heterocycles. The van der Waals surface area contributed by atoms with Gasteiger partial charge in [-0.3, -0.25) is 24.0 Å². The molecule has 0 fully saturated rings. The average Bonchev–Trinajstić information content (AvgIpc) is 3.02. The van der Waals surface area contributed by atoms with Crippen LogP contribution in [0.5, 0.6) is 0 Å². The summed E-state index contributed by atoms with van der Waals surface area (Å²) in [5.41, 5.74) is 0.760. The number of carbonyl (C=O) groups is 2. The molecule has 0 spiro atoms. The first-order chi connectivity index (χ1) is 21.7. The molecule has 10 nitrogen and oxygen atoms in total. The molecule has 0 aliphatic rings. The lowest BCUT2D eigenvalue weighted by Gasteiger charge is -2.35. The highest BCUT2D eigenvalue weighted by molar-refractivity contribution is 9.10. The zero-order valence-electron chi connectivity index (χ0n) is 25.7. The lowest BCUT2D eigenvalue weighted by Crippen LogP contribution is -2.56. The fourth-order valence-corrected chi connectivity index (χ4v) is 6.48. The summed E-state index contributed by atoms with van der Waals surface area (Å²) < 4.78 is 29.8. The van der Waals surface area contributed by atoms with Crippen LogP contribution in [-0.4, -0.2) is 48.2 Å². The number of hydrogen-bond acceptors (Lipinski definition) is 6. The molecule has 0 aromatic heterocycles. The van der Waals surface area contributed by atoms with Crippen molar-refractivity contribution in [3.05, 3.63) is 135 Å². The summed E-state index contributed by atoms with van der Waals surface area (Å²) in [7, 11) is -4.32. The van der Waals surface area contributed by atoms with E-state index in [1.165, 1.54) is 41.3 Å². The van der Waals surface area contributed by atoms with Crippen molar-refractivity contribution in [3.63, 3.8) is 0 Å². The minimum atomic E-state index is -4.32. The summed E-state index contributed by atoms with van der Waals surface area (Å²) in [6, 6.07) is 28.1. The average molecular weight is 708 g/mol. The standard InChI is InChI=1S/C34H35BrN4O6S/c1-34(2,3)36-33(41)31(22-25-10-6-4-7-11-25)37(23-26-14-16-27(35)17-15-26)32(40)24-38(28-18-20-29(21-19-28)39(42)43)46(44,45)30-12-8-5-9-13-30/h4-21,31H,22-24H2,1-3H3,(H,36,41). The van der Waals surface area contributed by atoms with E-state index in [0.717, 1.165) is 19.9 Å². The fraction of sp³-hybridized carbons (Fsp3) is 0.235. The first-order valence-corrected chi connectivity index (χ1v) is 16.7. The van der Waals surface area contributed by atoms with E-state index >= 15 is 0 Å². The smallest absolute Gasteiger partial charge is 0.269 e. The van der Waals surface area contributed by atoms with E-state index in [-0.39, 0.29) is 29.2 Å². The maximum absolute atomic E-state index is 14.5. The number of nitro groups is 1. The highest BCUT2D eigenvalue weighted by Crippen LogP contribution is 2.27. The Kier molecular flexibility index (Phi) is 11.0. The van der Waals surface area contributed by atoms with Crippen LogP contribution < -0.4 is 9.62 Å². The Morgan fingerprint density at radius 3 is 1.96 bits per heavy atom. The lowest BCUT2D eigenvalue weighted by atomic mass is 10.0. The number of anilines is 1. The van der Waals surface area contributed by atoms with Gasteiger partial charge in [0.15, 0.2) is 0 Å². The Hall–Kier alpha value is -4.55. The number of rotatable bonds is 12. The van der Waals surface area contributed by atoms with Crippen molar-refractivity contribution in [2.75, 3.05) is 10.8 Å². The Morgan fingerprint density at radius 1 is 0.848 bits per heavy atom. The van der Waals surface area contributed by atoms with Gasteiger partial charge < -0.3 is 10.2 Å². The van der Waals surface area contributed by atoms with Crippen LogP contribution in [0.25, 0.3) is 0 Å². The highest BCUT2D eigenvalue weighted by Gasteiger charge is 2.35. The van der Waals surface area contributed by atoms with Gasteiger partial charge in [0.05, 0.1) is 15.5 Å². The zero-order chi connectivity index (χ0) is 33.5. The minimum absolute atomic E-state index is 0.0145. The van der Waals surface area contributed by atoms with E-state index in [2.05, 4.69) is 21.2 Å². The monoisotopic (exact) mass is 706 g/mol. The Morgan fingerprint density at radius 2 is 1.41 bits per heavy atom. The molecule has 0 radical (unpaired) electrons. The van der Waals surface area contributed by atoms with Crippen molar-refractivity contribution in [1.82, 2.24) is 10.2 Å². The Bertz CT molecular complexity index is 1760. The number of nitrogens with one attached hydrogen (secondary N) is 1. The molecule has 0 saturated heterocycles. The van der Waals surface area contributed by atoms with Crippen LogP contribution in [0.2, 0.25) is 0 Å². The van der Waals surface area contributed by atoms with Gasteiger partial charge in [-0.2, -0.15) is 0 Å². The summed E-state index contributed by atoms with van der Waals surface area (Å²) in [5, 5.41) is 14.3. The molecule has 0 aliphatic carbocycles. The maximum atomic E-state index is 14.5. The van der Waals surface area contributed by atoms with Crippen LogP contribution in [-0.2, 0) is 32.6 Å². The number of non-ortho nitro benzene ring substituents is 1. The number of benzene rings is 4. The summed E-state index contributed by atoms with van der Waals surface area (Å²) in [4.78, 5) is 40.5. The van der Waals surface area contributed by atoms with Crippen LogP contribution >= 0.6 is 15.9 Å². The highest BCUT2D eigenvalue weighted by atomic mass is 79.9. The van der Waals surface area contributed by atoms with E-state index in [0.29, 0.717) is 0 Å². The predicted molar refractivity (Wildman–Crippen MR) is 181 cm³/mol. The number of carbonyl (C=O) groups excluding carboxylic acids is 2. The van der Waals surface area contributed by atoms with Crippen molar-refractivity contribution < 1.29 is 22.9 Å². The molecule has 240 valence electrons. The number of sulfonamides is 1. The largest absolute Gasteiger partial charge is 0.350 e. The van der Waals surface area contributed by atoms with Crippen molar-refractivity contribution in [3.8, 4) is 0 Å². The van der Waals surface area contributed by atoms with E-state index in [1.54, 1.807) is 18.2 Å². The predicted octanol–water partition coefficient (Wildman–Crippen LogP) is 6.11.